The zero-order valence-electron chi connectivity index (χ0n) is 8.86. The van der Waals surface area contributed by atoms with Gasteiger partial charge in [-0.2, -0.15) is 0 Å². The average molecular weight is 194 g/mol. The number of nitrogens with zero attached hydrogens (tertiary/aromatic N) is 1. The maximum atomic E-state index is 5.41. The number of likely N-dealkylation sites (N-methyl/N-ethyl adjacent to an activating group) is 1. The maximum Gasteiger partial charge on any atom is 0.120 e. The molecule has 2 rings (SSSR count). The minimum Gasteiger partial charge on any atom is -0.468 e. The second kappa shape index (κ2) is 4.15. The first kappa shape index (κ1) is 9.74. The third-order valence-electron chi connectivity index (χ3n) is 3.18. The van der Waals surface area contributed by atoms with Gasteiger partial charge in [0.1, 0.15) is 5.76 Å². The van der Waals surface area contributed by atoms with Gasteiger partial charge in [0.2, 0.25) is 0 Å². The second-order valence-corrected chi connectivity index (χ2v) is 4.00. The van der Waals surface area contributed by atoms with E-state index in [0.29, 0.717) is 12.1 Å². The van der Waals surface area contributed by atoms with Crippen LogP contribution in [0.15, 0.2) is 22.8 Å². The third-order valence-corrected chi connectivity index (χ3v) is 3.18. The molecule has 0 bridgehead atoms. The van der Waals surface area contributed by atoms with E-state index >= 15 is 0 Å². The van der Waals surface area contributed by atoms with Crippen LogP contribution in [0.5, 0.6) is 0 Å². The summed E-state index contributed by atoms with van der Waals surface area (Å²) in [5.74, 6) is 1.06. The molecule has 0 radical (unpaired) electrons. The van der Waals surface area contributed by atoms with Crippen molar-refractivity contribution >= 4 is 0 Å². The Labute approximate surface area is 85.1 Å². The number of hydrogen-bond acceptors (Lipinski definition) is 3. The number of furan rings is 1. The van der Waals surface area contributed by atoms with Crippen molar-refractivity contribution in [2.75, 3.05) is 20.1 Å². The van der Waals surface area contributed by atoms with Crippen molar-refractivity contribution in [3.63, 3.8) is 0 Å². The predicted molar refractivity (Wildman–Crippen MR) is 56.2 cm³/mol. The van der Waals surface area contributed by atoms with Crippen LogP contribution in [0.1, 0.15) is 25.1 Å². The molecule has 3 nitrogen and oxygen atoms in total. The first-order valence-corrected chi connectivity index (χ1v) is 5.25. The van der Waals surface area contributed by atoms with Gasteiger partial charge in [-0.3, -0.25) is 4.90 Å². The zero-order valence-corrected chi connectivity index (χ0v) is 8.86. The molecular weight excluding hydrogens is 176 g/mol. The highest BCUT2D eigenvalue weighted by molar-refractivity contribution is 5.04. The fourth-order valence-corrected chi connectivity index (χ4v) is 2.03. The molecular formula is C11H18N2O. The molecule has 14 heavy (non-hydrogen) atoms. The van der Waals surface area contributed by atoms with E-state index in [1.54, 1.807) is 6.26 Å². The highest BCUT2D eigenvalue weighted by Gasteiger charge is 2.24. The van der Waals surface area contributed by atoms with Crippen molar-refractivity contribution in [3.8, 4) is 0 Å². The molecule has 2 atom stereocenters. The number of rotatable bonds is 3. The average Bonchev–Trinajstić information content (AvgIpc) is 2.87. The largest absolute Gasteiger partial charge is 0.468 e. The molecule has 1 aliphatic heterocycles. The van der Waals surface area contributed by atoms with Gasteiger partial charge in [0.15, 0.2) is 0 Å². The van der Waals surface area contributed by atoms with Gasteiger partial charge >= 0.3 is 0 Å². The Morgan fingerprint density at radius 3 is 3.07 bits per heavy atom. The van der Waals surface area contributed by atoms with E-state index in [4.69, 9.17) is 4.42 Å². The summed E-state index contributed by atoms with van der Waals surface area (Å²) < 4.78 is 5.41. The molecule has 1 aromatic rings. The van der Waals surface area contributed by atoms with Crippen molar-refractivity contribution in [3.05, 3.63) is 24.2 Å². The van der Waals surface area contributed by atoms with Crippen LogP contribution in [0, 0.1) is 0 Å². The van der Waals surface area contributed by atoms with Crippen LogP contribution < -0.4 is 5.32 Å². The van der Waals surface area contributed by atoms with Crippen LogP contribution in [-0.4, -0.2) is 31.1 Å². The lowest BCUT2D eigenvalue weighted by Crippen LogP contribution is -2.35. The van der Waals surface area contributed by atoms with Gasteiger partial charge in [-0.05, 0) is 39.1 Å². The summed E-state index contributed by atoms with van der Waals surface area (Å²) in [4.78, 5) is 2.39. The molecule has 0 spiro atoms. The Morgan fingerprint density at radius 2 is 2.50 bits per heavy atom. The summed E-state index contributed by atoms with van der Waals surface area (Å²) in [6.45, 7) is 4.43. The van der Waals surface area contributed by atoms with Crippen LogP contribution >= 0.6 is 0 Å². The molecule has 1 fully saturated rings. The quantitative estimate of drug-likeness (QED) is 0.793. The van der Waals surface area contributed by atoms with Crippen LogP contribution in [0.4, 0.5) is 0 Å². The third kappa shape index (κ3) is 1.83. The summed E-state index contributed by atoms with van der Waals surface area (Å²) in [6, 6.07) is 5.01. The molecule has 2 heterocycles. The molecule has 0 aliphatic carbocycles. The van der Waals surface area contributed by atoms with Gasteiger partial charge in [0.25, 0.3) is 0 Å². The second-order valence-electron chi connectivity index (χ2n) is 4.00. The van der Waals surface area contributed by atoms with Gasteiger partial charge in [-0.25, -0.2) is 0 Å². The Balaban J connectivity index is 2.00. The topological polar surface area (TPSA) is 28.4 Å². The number of nitrogens with one attached hydrogen (secondary N) is 1. The monoisotopic (exact) mass is 194 g/mol. The van der Waals surface area contributed by atoms with Crippen LogP contribution in [0.3, 0.4) is 0 Å². The van der Waals surface area contributed by atoms with Crippen molar-refractivity contribution < 1.29 is 4.42 Å². The summed E-state index contributed by atoms with van der Waals surface area (Å²) in [7, 11) is 2.17. The molecule has 0 saturated carbocycles. The summed E-state index contributed by atoms with van der Waals surface area (Å²) in [5, 5.41) is 3.38. The van der Waals surface area contributed by atoms with Crippen molar-refractivity contribution in [2.45, 2.75) is 25.4 Å². The fourth-order valence-electron chi connectivity index (χ4n) is 2.03. The molecule has 78 valence electrons. The van der Waals surface area contributed by atoms with Crippen molar-refractivity contribution in [1.29, 1.82) is 0 Å². The SMILES string of the molecule is C[C@H](c1ccco1)N(C)[C@@H]1CCNC1. The molecule has 3 heteroatoms. The fraction of sp³-hybridized carbons (Fsp3) is 0.636. The van der Waals surface area contributed by atoms with Crippen molar-refractivity contribution in [1.82, 2.24) is 10.2 Å². The molecule has 1 N–H and O–H groups in total. The van der Waals surface area contributed by atoms with Gasteiger partial charge < -0.3 is 9.73 Å². The Hall–Kier alpha value is -0.800. The van der Waals surface area contributed by atoms with Gasteiger partial charge in [0.05, 0.1) is 12.3 Å². The molecule has 1 aliphatic rings. The van der Waals surface area contributed by atoms with E-state index in [9.17, 15) is 0 Å². The zero-order chi connectivity index (χ0) is 9.97. The number of hydrogen-bond donors (Lipinski definition) is 1. The van der Waals surface area contributed by atoms with Crippen LogP contribution in [0.25, 0.3) is 0 Å². The molecule has 0 amide bonds. The first-order chi connectivity index (χ1) is 6.79. The standard InChI is InChI=1S/C11H18N2O/c1-9(11-4-3-7-14-11)13(2)10-5-6-12-8-10/h3-4,7,9-10,12H,5-6,8H2,1-2H3/t9-,10-/m1/s1. The lowest BCUT2D eigenvalue weighted by Gasteiger charge is -2.28. The van der Waals surface area contributed by atoms with E-state index in [1.165, 1.54) is 6.42 Å². The Bertz CT molecular complexity index is 265. The predicted octanol–water partition coefficient (Wildman–Crippen LogP) is 1.63. The molecule has 1 saturated heterocycles. The smallest absolute Gasteiger partial charge is 0.120 e. The summed E-state index contributed by atoms with van der Waals surface area (Å²) >= 11 is 0. The minimum atomic E-state index is 0.370. The van der Waals surface area contributed by atoms with Gasteiger partial charge in [-0.15, -0.1) is 0 Å². The van der Waals surface area contributed by atoms with Gasteiger partial charge in [-0.1, -0.05) is 0 Å². The van der Waals surface area contributed by atoms with E-state index < -0.39 is 0 Å². The molecule has 0 unspecified atom stereocenters. The van der Waals surface area contributed by atoms with E-state index in [-0.39, 0.29) is 0 Å². The van der Waals surface area contributed by atoms with Gasteiger partial charge in [0, 0.05) is 12.6 Å². The maximum absolute atomic E-state index is 5.41. The Morgan fingerprint density at radius 1 is 1.64 bits per heavy atom. The molecule has 1 aromatic heterocycles. The van der Waals surface area contributed by atoms with Crippen molar-refractivity contribution in [2.24, 2.45) is 0 Å². The lowest BCUT2D eigenvalue weighted by molar-refractivity contribution is 0.176. The van der Waals surface area contributed by atoms with E-state index in [1.807, 2.05) is 12.1 Å². The highest BCUT2D eigenvalue weighted by atomic mass is 16.3. The lowest BCUT2D eigenvalue weighted by atomic mass is 10.1. The van der Waals surface area contributed by atoms with E-state index in [0.717, 1.165) is 18.8 Å². The first-order valence-electron chi connectivity index (χ1n) is 5.25. The molecule has 0 aromatic carbocycles. The Kier molecular flexibility index (Phi) is 2.89. The van der Waals surface area contributed by atoms with Crippen LogP contribution in [0.2, 0.25) is 0 Å². The van der Waals surface area contributed by atoms with E-state index in [2.05, 4.69) is 24.2 Å². The normalized spacial score (nSPS) is 24.4. The minimum absolute atomic E-state index is 0.370. The summed E-state index contributed by atoms with van der Waals surface area (Å²) in [6.07, 6.45) is 2.98. The van der Waals surface area contributed by atoms with Crippen LogP contribution in [-0.2, 0) is 0 Å². The summed E-state index contributed by atoms with van der Waals surface area (Å²) in [5.41, 5.74) is 0. The highest BCUT2D eigenvalue weighted by Crippen LogP contribution is 2.22.